The summed E-state index contributed by atoms with van der Waals surface area (Å²) in [7, 11) is 0. The third kappa shape index (κ3) is 5.00. The molecule has 2 heterocycles. The SMILES string of the molecule is O=C(/C=C/c1c[nH]c2ccccc12)OCCN1CCN(c2ccc(Cl)cc2)CC1. The van der Waals surface area contributed by atoms with Crippen LogP contribution < -0.4 is 4.90 Å². The number of esters is 1. The first-order chi connectivity index (χ1) is 14.2. The smallest absolute Gasteiger partial charge is 0.330 e. The van der Waals surface area contributed by atoms with Crippen LogP contribution in [-0.4, -0.2) is 55.2 Å². The minimum Gasteiger partial charge on any atom is -0.461 e. The van der Waals surface area contributed by atoms with Crippen molar-refractivity contribution in [2.24, 2.45) is 0 Å². The van der Waals surface area contributed by atoms with E-state index in [2.05, 4.69) is 26.9 Å². The monoisotopic (exact) mass is 409 g/mol. The topological polar surface area (TPSA) is 48.6 Å². The summed E-state index contributed by atoms with van der Waals surface area (Å²) in [6, 6.07) is 16.0. The number of halogens is 1. The lowest BCUT2D eigenvalue weighted by atomic mass is 10.1. The number of benzene rings is 2. The van der Waals surface area contributed by atoms with Gasteiger partial charge in [-0.15, -0.1) is 0 Å². The van der Waals surface area contributed by atoms with Crippen LogP contribution in [-0.2, 0) is 9.53 Å². The maximum Gasteiger partial charge on any atom is 0.330 e. The number of hydrogen-bond acceptors (Lipinski definition) is 4. The molecule has 3 aromatic rings. The first-order valence-electron chi connectivity index (χ1n) is 9.83. The molecule has 0 unspecified atom stereocenters. The molecule has 1 saturated heterocycles. The second-order valence-electron chi connectivity index (χ2n) is 7.10. The molecule has 4 rings (SSSR count). The molecule has 1 aliphatic rings. The number of piperazine rings is 1. The van der Waals surface area contributed by atoms with Gasteiger partial charge >= 0.3 is 5.97 Å². The van der Waals surface area contributed by atoms with Crippen molar-refractivity contribution in [1.82, 2.24) is 9.88 Å². The fourth-order valence-corrected chi connectivity index (χ4v) is 3.72. The second kappa shape index (κ2) is 9.16. The third-order valence-electron chi connectivity index (χ3n) is 5.24. The lowest BCUT2D eigenvalue weighted by Crippen LogP contribution is -2.47. The Morgan fingerprint density at radius 3 is 2.62 bits per heavy atom. The van der Waals surface area contributed by atoms with E-state index in [1.807, 2.05) is 42.6 Å². The van der Waals surface area contributed by atoms with E-state index in [1.54, 1.807) is 6.08 Å². The van der Waals surface area contributed by atoms with Crippen LogP contribution in [0.5, 0.6) is 0 Å². The molecule has 1 N–H and O–H groups in total. The zero-order chi connectivity index (χ0) is 20.1. The van der Waals surface area contributed by atoms with Crippen LogP contribution >= 0.6 is 11.6 Å². The van der Waals surface area contributed by atoms with Gasteiger partial charge < -0.3 is 14.6 Å². The number of hydrogen-bond donors (Lipinski definition) is 1. The van der Waals surface area contributed by atoms with Crippen molar-refractivity contribution in [2.45, 2.75) is 0 Å². The van der Waals surface area contributed by atoms with E-state index in [1.165, 1.54) is 11.8 Å². The number of ether oxygens (including phenoxy) is 1. The zero-order valence-corrected chi connectivity index (χ0v) is 16.9. The van der Waals surface area contributed by atoms with E-state index in [0.29, 0.717) is 6.61 Å². The van der Waals surface area contributed by atoms with Crippen molar-refractivity contribution >= 4 is 40.2 Å². The molecule has 2 aromatic carbocycles. The summed E-state index contributed by atoms with van der Waals surface area (Å²) >= 11 is 5.96. The molecule has 0 atom stereocenters. The van der Waals surface area contributed by atoms with E-state index >= 15 is 0 Å². The minimum absolute atomic E-state index is 0.310. The molecule has 5 nitrogen and oxygen atoms in total. The fraction of sp³-hybridized carbons (Fsp3) is 0.261. The van der Waals surface area contributed by atoms with E-state index in [4.69, 9.17) is 16.3 Å². The minimum atomic E-state index is -0.310. The van der Waals surface area contributed by atoms with Crippen LogP contribution in [0.1, 0.15) is 5.56 Å². The Kier molecular flexibility index (Phi) is 6.17. The number of anilines is 1. The highest BCUT2D eigenvalue weighted by Gasteiger charge is 2.17. The van der Waals surface area contributed by atoms with Crippen LogP contribution in [0.4, 0.5) is 5.69 Å². The number of aromatic amines is 1. The summed E-state index contributed by atoms with van der Waals surface area (Å²) < 4.78 is 5.37. The highest BCUT2D eigenvalue weighted by molar-refractivity contribution is 6.30. The average molecular weight is 410 g/mol. The van der Waals surface area contributed by atoms with Gasteiger partial charge in [0.1, 0.15) is 6.61 Å². The van der Waals surface area contributed by atoms with E-state index < -0.39 is 0 Å². The number of carbonyl (C=O) groups is 1. The summed E-state index contributed by atoms with van der Waals surface area (Å²) in [5, 5.41) is 1.85. The Hall–Kier alpha value is -2.76. The number of nitrogens with zero attached hydrogens (tertiary/aromatic N) is 2. The van der Waals surface area contributed by atoms with Gasteiger partial charge in [0.2, 0.25) is 0 Å². The van der Waals surface area contributed by atoms with Crippen molar-refractivity contribution in [3.63, 3.8) is 0 Å². The molecular formula is C23H24ClN3O2. The highest BCUT2D eigenvalue weighted by Crippen LogP contribution is 2.20. The predicted molar refractivity (Wildman–Crippen MR) is 118 cm³/mol. The summed E-state index contributed by atoms with van der Waals surface area (Å²) in [6.45, 7) is 4.96. The molecule has 0 saturated carbocycles. The van der Waals surface area contributed by atoms with Gasteiger partial charge in [0.15, 0.2) is 0 Å². The van der Waals surface area contributed by atoms with Crippen LogP contribution in [0.3, 0.4) is 0 Å². The van der Waals surface area contributed by atoms with Gasteiger partial charge in [-0.05, 0) is 36.4 Å². The normalized spacial score (nSPS) is 15.3. The van der Waals surface area contributed by atoms with E-state index in [0.717, 1.165) is 54.2 Å². The van der Waals surface area contributed by atoms with Crippen molar-refractivity contribution < 1.29 is 9.53 Å². The van der Waals surface area contributed by atoms with Gasteiger partial charge in [0.05, 0.1) is 0 Å². The number of rotatable bonds is 6. The molecule has 0 bridgehead atoms. The Labute approximate surface area is 175 Å². The van der Waals surface area contributed by atoms with E-state index in [9.17, 15) is 4.79 Å². The number of para-hydroxylation sites is 1. The molecule has 1 fully saturated rings. The largest absolute Gasteiger partial charge is 0.461 e. The first kappa shape index (κ1) is 19.6. The Balaban J connectivity index is 1.19. The second-order valence-corrected chi connectivity index (χ2v) is 7.53. The third-order valence-corrected chi connectivity index (χ3v) is 5.49. The quantitative estimate of drug-likeness (QED) is 0.489. The lowest BCUT2D eigenvalue weighted by molar-refractivity contribution is -0.138. The maximum atomic E-state index is 12.0. The van der Waals surface area contributed by atoms with Crippen LogP contribution in [0.15, 0.2) is 60.8 Å². The lowest BCUT2D eigenvalue weighted by Gasteiger charge is -2.35. The molecule has 150 valence electrons. The number of fused-ring (bicyclic) bond motifs is 1. The molecule has 6 heteroatoms. The summed E-state index contributed by atoms with van der Waals surface area (Å²) in [5.74, 6) is -0.310. The first-order valence-corrected chi connectivity index (χ1v) is 10.2. The number of H-pyrrole nitrogens is 1. The predicted octanol–water partition coefficient (Wildman–Crippen LogP) is 4.20. The number of nitrogens with one attached hydrogen (secondary N) is 1. The van der Waals surface area contributed by atoms with Gasteiger partial charge in [-0.3, -0.25) is 4.90 Å². The zero-order valence-electron chi connectivity index (χ0n) is 16.2. The fourth-order valence-electron chi connectivity index (χ4n) is 3.59. The summed E-state index contributed by atoms with van der Waals surface area (Å²) in [4.78, 5) is 19.9. The van der Waals surface area contributed by atoms with Crippen molar-refractivity contribution in [3.8, 4) is 0 Å². The van der Waals surface area contributed by atoms with Gasteiger partial charge in [-0.25, -0.2) is 4.79 Å². The van der Waals surface area contributed by atoms with Gasteiger partial charge in [0.25, 0.3) is 0 Å². The highest BCUT2D eigenvalue weighted by atomic mass is 35.5. The van der Waals surface area contributed by atoms with E-state index in [-0.39, 0.29) is 5.97 Å². The van der Waals surface area contributed by atoms with Crippen LogP contribution in [0, 0.1) is 0 Å². The Morgan fingerprint density at radius 1 is 1.07 bits per heavy atom. The molecule has 0 amide bonds. The number of aromatic nitrogens is 1. The molecule has 0 spiro atoms. The Morgan fingerprint density at radius 2 is 1.83 bits per heavy atom. The molecule has 29 heavy (non-hydrogen) atoms. The van der Waals surface area contributed by atoms with Crippen molar-refractivity contribution in [2.75, 3.05) is 44.2 Å². The van der Waals surface area contributed by atoms with Crippen molar-refractivity contribution in [3.05, 3.63) is 71.4 Å². The number of carbonyl (C=O) groups excluding carboxylic acids is 1. The molecule has 0 radical (unpaired) electrons. The standard InChI is InChI=1S/C23H24ClN3O2/c24-19-6-8-20(9-7-19)27-13-11-26(12-14-27)15-16-29-23(28)10-5-18-17-25-22-4-2-1-3-21(18)22/h1-10,17,25H,11-16H2/b10-5+. The molecular weight excluding hydrogens is 386 g/mol. The molecule has 1 aromatic heterocycles. The average Bonchev–Trinajstić information content (AvgIpc) is 3.17. The van der Waals surface area contributed by atoms with Gasteiger partial charge in [-0.2, -0.15) is 0 Å². The van der Waals surface area contributed by atoms with Gasteiger partial charge in [0, 0.05) is 72.2 Å². The van der Waals surface area contributed by atoms with Crippen molar-refractivity contribution in [1.29, 1.82) is 0 Å². The summed E-state index contributed by atoms with van der Waals surface area (Å²) in [5.41, 5.74) is 3.23. The summed E-state index contributed by atoms with van der Waals surface area (Å²) in [6.07, 6.45) is 5.19. The van der Waals surface area contributed by atoms with Gasteiger partial charge in [-0.1, -0.05) is 29.8 Å². The molecule has 1 aliphatic heterocycles. The maximum absolute atomic E-state index is 12.0. The van der Waals surface area contributed by atoms with Crippen LogP contribution in [0.25, 0.3) is 17.0 Å². The van der Waals surface area contributed by atoms with Crippen LogP contribution in [0.2, 0.25) is 5.02 Å². The Bertz CT molecular complexity index is 989. The molecule has 0 aliphatic carbocycles.